The molecular weight excluding hydrogens is 236 g/mol. The Bertz CT molecular complexity index is 657. The average Bonchev–Trinajstić information content (AvgIpc) is 2.72. The van der Waals surface area contributed by atoms with Crippen LogP contribution in [-0.4, -0.2) is 15.0 Å². The Kier molecular flexibility index (Phi) is 2.23. The third-order valence-corrected chi connectivity index (χ3v) is 2.84. The molecule has 0 aliphatic rings. The van der Waals surface area contributed by atoms with E-state index in [1.807, 2.05) is 12.1 Å². The molecule has 17 heavy (non-hydrogen) atoms. The van der Waals surface area contributed by atoms with E-state index in [9.17, 15) is 0 Å². The number of hydrogen-bond donors (Lipinski definition) is 2. The van der Waals surface area contributed by atoms with Crippen LogP contribution < -0.4 is 5.73 Å². The van der Waals surface area contributed by atoms with Crippen molar-refractivity contribution < 1.29 is 0 Å². The molecule has 4 nitrogen and oxygen atoms in total. The van der Waals surface area contributed by atoms with Gasteiger partial charge in [-0.25, -0.2) is 4.98 Å². The predicted octanol–water partition coefficient (Wildman–Crippen LogP) is 2.86. The van der Waals surface area contributed by atoms with Crippen molar-refractivity contribution in [3.05, 3.63) is 41.7 Å². The molecule has 5 heteroatoms. The Morgan fingerprint density at radius 2 is 2.12 bits per heavy atom. The summed E-state index contributed by atoms with van der Waals surface area (Å²) in [7, 11) is 0. The molecular formula is C12H9ClN4. The van der Waals surface area contributed by atoms with Crippen molar-refractivity contribution in [3.63, 3.8) is 0 Å². The van der Waals surface area contributed by atoms with Crippen molar-refractivity contribution >= 4 is 28.3 Å². The highest BCUT2D eigenvalue weighted by Gasteiger charge is 2.08. The number of nitrogens with one attached hydrogen (secondary N) is 1. The van der Waals surface area contributed by atoms with Gasteiger partial charge in [-0.2, -0.15) is 0 Å². The third-order valence-electron chi connectivity index (χ3n) is 2.53. The molecule has 0 unspecified atom stereocenters. The Morgan fingerprint density at radius 3 is 2.88 bits per heavy atom. The van der Waals surface area contributed by atoms with Gasteiger partial charge in [0.05, 0.1) is 22.3 Å². The van der Waals surface area contributed by atoms with E-state index in [2.05, 4.69) is 15.0 Å². The van der Waals surface area contributed by atoms with E-state index in [4.69, 9.17) is 17.3 Å². The number of nitrogens with zero attached hydrogens (tertiary/aromatic N) is 2. The number of halogens is 1. The van der Waals surface area contributed by atoms with E-state index in [1.165, 1.54) is 0 Å². The zero-order chi connectivity index (χ0) is 11.8. The molecule has 0 aliphatic heterocycles. The standard InChI is InChI=1S/C12H9ClN4/c13-9-5-7(14)1-2-8(9)12-16-10-3-4-15-6-11(10)17-12/h1-6H,14H2,(H,16,17). The van der Waals surface area contributed by atoms with Gasteiger partial charge in [0.1, 0.15) is 5.82 Å². The van der Waals surface area contributed by atoms with E-state index in [1.54, 1.807) is 24.5 Å². The monoisotopic (exact) mass is 244 g/mol. The molecule has 0 saturated carbocycles. The topological polar surface area (TPSA) is 67.6 Å². The van der Waals surface area contributed by atoms with Crippen LogP contribution in [0.3, 0.4) is 0 Å². The fraction of sp³-hybridized carbons (Fsp3) is 0. The molecule has 3 aromatic rings. The lowest BCUT2D eigenvalue weighted by Crippen LogP contribution is -1.87. The molecule has 3 N–H and O–H groups in total. The number of hydrogen-bond acceptors (Lipinski definition) is 3. The normalized spacial score (nSPS) is 10.9. The number of imidazole rings is 1. The summed E-state index contributed by atoms with van der Waals surface area (Å²) >= 11 is 6.14. The summed E-state index contributed by atoms with van der Waals surface area (Å²) in [6.07, 6.45) is 3.44. The Balaban J connectivity index is 2.20. The molecule has 0 bridgehead atoms. The zero-order valence-electron chi connectivity index (χ0n) is 8.81. The number of nitrogen functional groups attached to an aromatic ring is 1. The number of aromatic nitrogens is 3. The van der Waals surface area contributed by atoms with Crippen LogP contribution >= 0.6 is 11.6 Å². The van der Waals surface area contributed by atoms with Crippen LogP contribution in [0.15, 0.2) is 36.7 Å². The van der Waals surface area contributed by atoms with Crippen LogP contribution in [0, 0.1) is 0 Å². The first-order valence-electron chi connectivity index (χ1n) is 5.09. The van der Waals surface area contributed by atoms with E-state index in [0.29, 0.717) is 10.7 Å². The largest absolute Gasteiger partial charge is 0.399 e. The lowest BCUT2D eigenvalue weighted by molar-refractivity contribution is 1.33. The first-order valence-corrected chi connectivity index (χ1v) is 5.47. The molecule has 2 heterocycles. The van der Waals surface area contributed by atoms with E-state index >= 15 is 0 Å². The van der Waals surface area contributed by atoms with E-state index in [-0.39, 0.29) is 0 Å². The van der Waals surface area contributed by atoms with Crippen molar-refractivity contribution in [3.8, 4) is 11.4 Å². The van der Waals surface area contributed by atoms with Crippen LogP contribution in [0.4, 0.5) is 5.69 Å². The molecule has 2 aromatic heterocycles. The molecule has 84 valence electrons. The van der Waals surface area contributed by atoms with Crippen molar-refractivity contribution in [1.82, 2.24) is 15.0 Å². The van der Waals surface area contributed by atoms with Crippen LogP contribution in [0.25, 0.3) is 22.4 Å². The van der Waals surface area contributed by atoms with Gasteiger partial charge in [-0.15, -0.1) is 0 Å². The summed E-state index contributed by atoms with van der Waals surface area (Å²) in [5.74, 6) is 0.720. The number of benzene rings is 1. The maximum absolute atomic E-state index is 6.14. The highest BCUT2D eigenvalue weighted by molar-refractivity contribution is 6.33. The Morgan fingerprint density at radius 1 is 1.24 bits per heavy atom. The lowest BCUT2D eigenvalue weighted by atomic mass is 10.2. The Hall–Kier alpha value is -2.07. The van der Waals surface area contributed by atoms with Crippen LogP contribution in [-0.2, 0) is 0 Å². The van der Waals surface area contributed by atoms with Crippen molar-refractivity contribution in [2.45, 2.75) is 0 Å². The third kappa shape index (κ3) is 1.72. The fourth-order valence-corrected chi connectivity index (χ4v) is 1.99. The molecule has 0 atom stereocenters. The molecule has 0 radical (unpaired) electrons. The van der Waals surface area contributed by atoms with Crippen LogP contribution in [0.2, 0.25) is 5.02 Å². The van der Waals surface area contributed by atoms with Crippen molar-refractivity contribution in [2.75, 3.05) is 5.73 Å². The van der Waals surface area contributed by atoms with Gasteiger partial charge >= 0.3 is 0 Å². The molecule has 0 spiro atoms. The van der Waals surface area contributed by atoms with Crippen molar-refractivity contribution in [2.24, 2.45) is 0 Å². The first-order chi connectivity index (χ1) is 8.24. The first kappa shape index (κ1) is 10.1. The van der Waals surface area contributed by atoms with E-state index in [0.717, 1.165) is 22.4 Å². The van der Waals surface area contributed by atoms with Gasteiger partial charge in [0, 0.05) is 17.4 Å². The predicted molar refractivity (Wildman–Crippen MR) is 68.7 cm³/mol. The second-order valence-electron chi connectivity index (χ2n) is 3.72. The van der Waals surface area contributed by atoms with Gasteiger partial charge in [-0.05, 0) is 24.3 Å². The zero-order valence-corrected chi connectivity index (χ0v) is 9.57. The maximum Gasteiger partial charge on any atom is 0.140 e. The number of anilines is 1. The molecule has 3 rings (SSSR count). The number of pyridine rings is 1. The smallest absolute Gasteiger partial charge is 0.140 e. The highest BCUT2D eigenvalue weighted by Crippen LogP contribution is 2.28. The van der Waals surface area contributed by atoms with Crippen molar-refractivity contribution in [1.29, 1.82) is 0 Å². The molecule has 0 aliphatic carbocycles. The number of H-pyrrole nitrogens is 1. The summed E-state index contributed by atoms with van der Waals surface area (Å²) < 4.78 is 0. The summed E-state index contributed by atoms with van der Waals surface area (Å²) in [5, 5.41) is 0.581. The molecule has 0 amide bonds. The number of nitrogens with two attached hydrogens (primary N) is 1. The van der Waals surface area contributed by atoms with E-state index < -0.39 is 0 Å². The Labute approximate surface area is 102 Å². The maximum atomic E-state index is 6.14. The van der Waals surface area contributed by atoms with Gasteiger partial charge < -0.3 is 10.7 Å². The van der Waals surface area contributed by atoms with Gasteiger partial charge in [0.25, 0.3) is 0 Å². The molecule has 0 fully saturated rings. The molecule has 1 aromatic carbocycles. The van der Waals surface area contributed by atoms with Gasteiger partial charge in [0.15, 0.2) is 0 Å². The minimum Gasteiger partial charge on any atom is -0.399 e. The minimum atomic E-state index is 0.581. The fourth-order valence-electron chi connectivity index (χ4n) is 1.71. The highest BCUT2D eigenvalue weighted by atomic mass is 35.5. The SMILES string of the molecule is Nc1ccc(-c2nc3ccncc3[nH]2)c(Cl)c1. The van der Waals surface area contributed by atoms with Gasteiger partial charge in [0.2, 0.25) is 0 Å². The summed E-state index contributed by atoms with van der Waals surface area (Å²) in [4.78, 5) is 11.7. The second-order valence-corrected chi connectivity index (χ2v) is 4.12. The second kappa shape index (κ2) is 3.75. The van der Waals surface area contributed by atoms with Gasteiger partial charge in [-0.1, -0.05) is 11.6 Å². The van der Waals surface area contributed by atoms with Gasteiger partial charge in [-0.3, -0.25) is 4.98 Å². The summed E-state index contributed by atoms with van der Waals surface area (Å²) in [6.45, 7) is 0. The molecule has 0 saturated heterocycles. The lowest BCUT2D eigenvalue weighted by Gasteiger charge is -2.01. The number of rotatable bonds is 1. The average molecular weight is 245 g/mol. The van der Waals surface area contributed by atoms with Crippen LogP contribution in [0.5, 0.6) is 0 Å². The number of aromatic amines is 1. The quantitative estimate of drug-likeness (QED) is 0.647. The van der Waals surface area contributed by atoms with Crippen LogP contribution in [0.1, 0.15) is 0 Å². The minimum absolute atomic E-state index is 0.581. The number of fused-ring (bicyclic) bond motifs is 1. The summed E-state index contributed by atoms with van der Waals surface area (Å²) in [5.41, 5.74) is 8.87. The summed E-state index contributed by atoms with van der Waals surface area (Å²) in [6, 6.07) is 7.21.